The Morgan fingerprint density at radius 2 is 1.67 bits per heavy atom. The van der Waals surface area contributed by atoms with Crippen LogP contribution in [0.5, 0.6) is 0 Å². The number of fused-ring (bicyclic) bond motifs is 1. The minimum atomic E-state index is 0.744. The van der Waals surface area contributed by atoms with Crippen molar-refractivity contribution in [3.05, 3.63) is 53.3 Å². The van der Waals surface area contributed by atoms with Gasteiger partial charge in [0.15, 0.2) is 5.82 Å². The van der Waals surface area contributed by atoms with E-state index in [9.17, 15) is 0 Å². The van der Waals surface area contributed by atoms with E-state index in [1.54, 1.807) is 16.9 Å². The van der Waals surface area contributed by atoms with Crippen LogP contribution in [0.4, 0.5) is 0 Å². The van der Waals surface area contributed by atoms with E-state index in [1.807, 2.05) is 36.4 Å². The monoisotopic (exact) mass is 357 g/mol. The molecule has 5 nitrogen and oxygen atoms in total. The van der Waals surface area contributed by atoms with E-state index in [4.69, 9.17) is 0 Å². The van der Waals surface area contributed by atoms with Crippen LogP contribution in [0.3, 0.4) is 0 Å². The second-order valence-electron chi connectivity index (χ2n) is 4.37. The highest BCUT2D eigenvalue weighted by Gasteiger charge is 2.14. The van der Waals surface area contributed by atoms with Crippen LogP contribution in [0.25, 0.3) is 26.9 Å². The first-order valence-corrected chi connectivity index (χ1v) is 7.81. The molecule has 1 aromatic carbocycles. The molecule has 7 heteroatoms. The molecular weight excluding hydrogens is 350 g/mol. The Bertz CT molecular complexity index is 898. The zero-order chi connectivity index (χ0) is 14.2. The molecule has 3 heterocycles. The molecule has 0 radical (unpaired) electrons. The molecule has 0 saturated carbocycles. The lowest BCUT2D eigenvalue weighted by Crippen LogP contribution is -1.90. The number of hydrogen-bond acceptors (Lipinski definition) is 5. The quantitative estimate of drug-likeness (QED) is 0.549. The number of benzene rings is 1. The van der Waals surface area contributed by atoms with Gasteiger partial charge in [-0.15, -0.1) is 10.2 Å². The number of hydrogen-bond donors (Lipinski definition) is 0. The fraction of sp³-hybridized carbons (Fsp3) is 0. The highest BCUT2D eigenvalue weighted by atomic mass is 79.9. The molecule has 21 heavy (non-hydrogen) atoms. The normalized spacial score (nSPS) is 11.1. The van der Waals surface area contributed by atoms with Crippen molar-refractivity contribution in [1.29, 1.82) is 0 Å². The van der Waals surface area contributed by atoms with Crippen molar-refractivity contribution >= 4 is 32.2 Å². The topological polar surface area (TPSA) is 56.0 Å². The van der Waals surface area contributed by atoms with Crippen LogP contribution in [0.2, 0.25) is 0 Å². The van der Waals surface area contributed by atoms with Crippen LogP contribution in [0.15, 0.2) is 53.3 Å². The van der Waals surface area contributed by atoms with Crippen molar-refractivity contribution in [2.24, 2.45) is 0 Å². The summed E-state index contributed by atoms with van der Waals surface area (Å²) < 4.78 is 2.81. The fourth-order valence-electron chi connectivity index (χ4n) is 2.01. The Morgan fingerprint density at radius 3 is 2.43 bits per heavy atom. The molecule has 0 aliphatic carbocycles. The van der Waals surface area contributed by atoms with Gasteiger partial charge in [-0.2, -0.15) is 9.61 Å². The van der Waals surface area contributed by atoms with Gasteiger partial charge in [0.1, 0.15) is 5.01 Å². The van der Waals surface area contributed by atoms with E-state index >= 15 is 0 Å². The van der Waals surface area contributed by atoms with Crippen LogP contribution in [0, 0.1) is 0 Å². The lowest BCUT2D eigenvalue weighted by atomic mass is 10.2. The minimum Gasteiger partial charge on any atom is -0.265 e. The summed E-state index contributed by atoms with van der Waals surface area (Å²) in [6.07, 6.45) is 3.51. The Balaban J connectivity index is 1.85. The maximum absolute atomic E-state index is 4.61. The first kappa shape index (κ1) is 12.6. The van der Waals surface area contributed by atoms with Crippen molar-refractivity contribution < 1.29 is 0 Å². The maximum atomic E-state index is 4.61. The molecule has 4 aromatic rings. The van der Waals surface area contributed by atoms with Crippen LogP contribution in [-0.2, 0) is 0 Å². The first-order valence-electron chi connectivity index (χ1n) is 6.20. The van der Waals surface area contributed by atoms with Gasteiger partial charge in [0, 0.05) is 28.0 Å². The van der Waals surface area contributed by atoms with Crippen molar-refractivity contribution in [3.63, 3.8) is 0 Å². The third kappa shape index (κ3) is 2.24. The maximum Gasteiger partial charge on any atom is 0.235 e. The lowest BCUT2D eigenvalue weighted by Gasteiger charge is -1.97. The van der Waals surface area contributed by atoms with Gasteiger partial charge in [0.25, 0.3) is 0 Å². The smallest absolute Gasteiger partial charge is 0.235 e. The third-order valence-electron chi connectivity index (χ3n) is 3.02. The van der Waals surface area contributed by atoms with Gasteiger partial charge >= 0.3 is 0 Å². The molecule has 0 amide bonds. The number of pyridine rings is 1. The summed E-state index contributed by atoms with van der Waals surface area (Å²) in [4.78, 5) is 4.80. The summed E-state index contributed by atoms with van der Waals surface area (Å²) in [6, 6.07) is 11.8. The highest BCUT2D eigenvalue weighted by Crippen LogP contribution is 2.28. The fourth-order valence-corrected chi connectivity index (χ4v) is 3.12. The Hall–Kier alpha value is -2.12. The van der Waals surface area contributed by atoms with Gasteiger partial charge in [-0.3, -0.25) is 4.98 Å². The second-order valence-corrected chi connectivity index (χ2v) is 6.24. The molecule has 0 N–H and O–H groups in total. The summed E-state index contributed by atoms with van der Waals surface area (Å²) in [5.41, 5.74) is 2.01. The molecule has 0 spiro atoms. The molecule has 0 bridgehead atoms. The summed E-state index contributed by atoms with van der Waals surface area (Å²) in [5.74, 6) is 0.744. The average molecular weight is 358 g/mol. The van der Waals surface area contributed by atoms with E-state index < -0.39 is 0 Å². The molecule has 0 aliphatic rings. The van der Waals surface area contributed by atoms with E-state index in [-0.39, 0.29) is 0 Å². The Morgan fingerprint density at radius 1 is 0.905 bits per heavy atom. The van der Waals surface area contributed by atoms with E-state index in [0.717, 1.165) is 31.4 Å². The molecule has 0 fully saturated rings. The van der Waals surface area contributed by atoms with Crippen LogP contribution in [-0.4, -0.2) is 24.8 Å². The number of nitrogens with zero attached hydrogens (tertiary/aromatic N) is 5. The van der Waals surface area contributed by atoms with Crippen molar-refractivity contribution in [2.75, 3.05) is 0 Å². The molecule has 102 valence electrons. The number of rotatable bonds is 2. The second kappa shape index (κ2) is 5.01. The standard InChI is InChI=1S/C14H8BrN5S/c15-11-3-1-9(2-4-11)12-17-18-14-20(12)19-13(21-14)10-5-7-16-8-6-10/h1-8H. The van der Waals surface area contributed by atoms with Gasteiger partial charge in [-0.25, -0.2) is 0 Å². The predicted octanol–water partition coefficient (Wildman–Crippen LogP) is 3.68. The van der Waals surface area contributed by atoms with Gasteiger partial charge in [-0.1, -0.05) is 39.4 Å². The summed E-state index contributed by atoms with van der Waals surface area (Å²) in [6.45, 7) is 0. The van der Waals surface area contributed by atoms with Gasteiger partial charge in [0.05, 0.1) is 0 Å². The van der Waals surface area contributed by atoms with Gasteiger partial charge in [0.2, 0.25) is 4.96 Å². The molecule has 0 saturated heterocycles. The van der Waals surface area contributed by atoms with E-state index in [0.29, 0.717) is 0 Å². The van der Waals surface area contributed by atoms with Crippen LogP contribution in [0.1, 0.15) is 0 Å². The largest absolute Gasteiger partial charge is 0.265 e. The van der Waals surface area contributed by atoms with E-state index in [2.05, 4.69) is 36.2 Å². The molecular formula is C14H8BrN5S. The first-order chi connectivity index (χ1) is 10.3. The number of aromatic nitrogens is 5. The lowest BCUT2D eigenvalue weighted by molar-refractivity contribution is 0.970. The van der Waals surface area contributed by atoms with Crippen molar-refractivity contribution in [1.82, 2.24) is 24.8 Å². The molecule has 3 aromatic heterocycles. The Labute approximate surface area is 132 Å². The van der Waals surface area contributed by atoms with Crippen LogP contribution >= 0.6 is 27.3 Å². The molecule has 0 atom stereocenters. The summed E-state index contributed by atoms with van der Waals surface area (Å²) >= 11 is 4.94. The third-order valence-corrected chi connectivity index (χ3v) is 4.50. The SMILES string of the molecule is Brc1ccc(-c2nnc3sc(-c4ccncc4)nn23)cc1. The van der Waals surface area contributed by atoms with E-state index in [1.165, 1.54) is 11.3 Å². The molecule has 0 unspecified atom stereocenters. The summed E-state index contributed by atoms with van der Waals surface area (Å²) in [7, 11) is 0. The van der Waals surface area contributed by atoms with Gasteiger partial charge < -0.3 is 0 Å². The highest BCUT2D eigenvalue weighted by molar-refractivity contribution is 9.10. The minimum absolute atomic E-state index is 0.744. The summed E-state index contributed by atoms with van der Waals surface area (Å²) in [5, 5.41) is 13.9. The van der Waals surface area contributed by atoms with Gasteiger partial charge in [-0.05, 0) is 24.3 Å². The predicted molar refractivity (Wildman–Crippen MR) is 85.0 cm³/mol. The number of halogens is 1. The zero-order valence-corrected chi connectivity index (χ0v) is 13.0. The zero-order valence-electron chi connectivity index (χ0n) is 10.6. The molecule has 4 rings (SSSR count). The molecule has 0 aliphatic heterocycles. The average Bonchev–Trinajstić information content (AvgIpc) is 3.09. The van der Waals surface area contributed by atoms with Crippen LogP contribution < -0.4 is 0 Å². The van der Waals surface area contributed by atoms with Crippen molar-refractivity contribution in [3.8, 4) is 22.0 Å². The van der Waals surface area contributed by atoms with Crippen molar-refractivity contribution in [2.45, 2.75) is 0 Å². The Kier molecular flexibility index (Phi) is 3.01.